The SMILES string of the molecule is C#C/C=C\C[C@H](OC(C)=O)[C@@H]1CC=CC[C@H]([C@@H](Br)CC)O1. The van der Waals surface area contributed by atoms with Crippen molar-refractivity contribution in [1.29, 1.82) is 0 Å². The first-order valence-electron chi connectivity index (χ1n) is 7.31. The van der Waals surface area contributed by atoms with Crippen LogP contribution in [0.15, 0.2) is 24.3 Å². The highest BCUT2D eigenvalue weighted by Gasteiger charge is 2.29. The molecule has 3 nitrogen and oxygen atoms in total. The first-order chi connectivity index (χ1) is 10.1. The van der Waals surface area contributed by atoms with E-state index in [0.29, 0.717) is 11.2 Å². The Balaban J connectivity index is 2.78. The lowest BCUT2D eigenvalue weighted by Gasteiger charge is -2.29. The summed E-state index contributed by atoms with van der Waals surface area (Å²) in [6.07, 6.45) is 15.7. The molecule has 0 saturated heterocycles. The van der Waals surface area contributed by atoms with Crippen LogP contribution in [-0.2, 0) is 14.3 Å². The van der Waals surface area contributed by atoms with Gasteiger partial charge in [0.2, 0.25) is 0 Å². The lowest BCUT2D eigenvalue weighted by molar-refractivity contribution is -0.157. The topological polar surface area (TPSA) is 35.5 Å². The summed E-state index contributed by atoms with van der Waals surface area (Å²) in [6, 6.07) is 0. The van der Waals surface area contributed by atoms with E-state index < -0.39 is 0 Å². The lowest BCUT2D eigenvalue weighted by atomic mass is 10.1. The molecule has 0 aromatic rings. The van der Waals surface area contributed by atoms with E-state index in [4.69, 9.17) is 15.9 Å². The molecule has 0 saturated carbocycles. The third-order valence-electron chi connectivity index (χ3n) is 3.36. The van der Waals surface area contributed by atoms with Crippen LogP contribution in [0.1, 0.15) is 39.5 Å². The van der Waals surface area contributed by atoms with Crippen molar-refractivity contribution in [2.24, 2.45) is 0 Å². The van der Waals surface area contributed by atoms with Crippen molar-refractivity contribution in [2.75, 3.05) is 0 Å². The Morgan fingerprint density at radius 1 is 1.52 bits per heavy atom. The molecule has 116 valence electrons. The van der Waals surface area contributed by atoms with Crippen molar-refractivity contribution in [2.45, 2.75) is 62.7 Å². The van der Waals surface area contributed by atoms with Gasteiger partial charge in [-0.25, -0.2) is 0 Å². The zero-order chi connectivity index (χ0) is 15.7. The van der Waals surface area contributed by atoms with Gasteiger partial charge >= 0.3 is 5.97 Å². The normalized spacial score (nSPS) is 25.0. The fourth-order valence-electron chi connectivity index (χ4n) is 2.29. The zero-order valence-electron chi connectivity index (χ0n) is 12.6. The molecule has 0 unspecified atom stereocenters. The Morgan fingerprint density at radius 2 is 2.19 bits per heavy atom. The minimum atomic E-state index is -0.311. The fraction of sp³-hybridized carbons (Fsp3) is 0.588. The second-order valence-corrected chi connectivity index (χ2v) is 6.21. The van der Waals surface area contributed by atoms with E-state index in [1.165, 1.54) is 6.92 Å². The van der Waals surface area contributed by atoms with Crippen LogP contribution in [0.5, 0.6) is 0 Å². The van der Waals surface area contributed by atoms with Crippen molar-refractivity contribution in [1.82, 2.24) is 0 Å². The molecule has 0 fully saturated rings. The van der Waals surface area contributed by atoms with Gasteiger partial charge in [-0.05, 0) is 25.3 Å². The number of alkyl halides is 1. The minimum Gasteiger partial charge on any atom is -0.459 e. The second kappa shape index (κ2) is 9.81. The van der Waals surface area contributed by atoms with Gasteiger partial charge in [0.1, 0.15) is 6.10 Å². The van der Waals surface area contributed by atoms with Crippen LogP contribution in [0.4, 0.5) is 0 Å². The van der Waals surface area contributed by atoms with Crippen LogP contribution in [0.25, 0.3) is 0 Å². The van der Waals surface area contributed by atoms with Crippen molar-refractivity contribution in [3.63, 3.8) is 0 Å². The monoisotopic (exact) mass is 354 g/mol. The van der Waals surface area contributed by atoms with Crippen LogP contribution in [-0.4, -0.2) is 29.1 Å². The third kappa shape index (κ3) is 6.50. The molecule has 21 heavy (non-hydrogen) atoms. The van der Waals surface area contributed by atoms with Gasteiger partial charge in [-0.3, -0.25) is 4.79 Å². The summed E-state index contributed by atoms with van der Waals surface area (Å²) in [5, 5.41) is 0. The molecule has 0 radical (unpaired) electrons. The van der Waals surface area contributed by atoms with E-state index in [-0.39, 0.29) is 24.3 Å². The van der Waals surface area contributed by atoms with Crippen LogP contribution >= 0.6 is 15.9 Å². The Kier molecular flexibility index (Phi) is 8.41. The Bertz CT molecular complexity index is 422. The maximum absolute atomic E-state index is 11.3. The maximum atomic E-state index is 11.3. The number of halogens is 1. The molecule has 1 rings (SSSR count). The summed E-state index contributed by atoms with van der Waals surface area (Å²) < 4.78 is 11.6. The summed E-state index contributed by atoms with van der Waals surface area (Å²) in [6.45, 7) is 3.53. The standard InChI is InChI=1S/C17H23BrO3/c1-4-6-7-11-16(20-13(3)19)17-12-9-8-10-15(21-17)14(18)5-2/h1,6-9,14-17H,5,10-12H2,2-3H3/b7-6-/t14-,15+,16-,17-/m0/s1. The van der Waals surface area contributed by atoms with Crippen molar-refractivity contribution in [3.05, 3.63) is 24.3 Å². The molecular formula is C17H23BrO3. The highest BCUT2D eigenvalue weighted by atomic mass is 79.9. The summed E-state index contributed by atoms with van der Waals surface area (Å²) in [5.74, 6) is 2.15. The van der Waals surface area contributed by atoms with Gasteiger partial charge in [-0.1, -0.05) is 47.0 Å². The number of hydrogen-bond acceptors (Lipinski definition) is 3. The number of ether oxygens (including phenoxy) is 2. The first kappa shape index (κ1) is 18.0. The van der Waals surface area contributed by atoms with E-state index in [9.17, 15) is 4.79 Å². The predicted molar refractivity (Wildman–Crippen MR) is 88.2 cm³/mol. The maximum Gasteiger partial charge on any atom is 0.303 e. The summed E-state index contributed by atoms with van der Waals surface area (Å²) >= 11 is 3.66. The predicted octanol–water partition coefficient (Wildman–Crippen LogP) is 3.77. The van der Waals surface area contributed by atoms with E-state index in [2.05, 4.69) is 40.9 Å². The largest absolute Gasteiger partial charge is 0.459 e. The van der Waals surface area contributed by atoms with Crippen molar-refractivity contribution >= 4 is 21.9 Å². The molecule has 1 heterocycles. The quantitative estimate of drug-likeness (QED) is 0.315. The Morgan fingerprint density at radius 3 is 2.76 bits per heavy atom. The van der Waals surface area contributed by atoms with Crippen LogP contribution in [0.3, 0.4) is 0 Å². The highest BCUT2D eigenvalue weighted by molar-refractivity contribution is 9.09. The fourth-order valence-corrected chi connectivity index (χ4v) is 2.63. The van der Waals surface area contributed by atoms with Gasteiger partial charge in [0.05, 0.1) is 12.2 Å². The number of allylic oxidation sites excluding steroid dienone is 1. The average Bonchev–Trinajstić information content (AvgIpc) is 2.71. The summed E-state index contributed by atoms with van der Waals surface area (Å²) in [7, 11) is 0. The molecule has 0 amide bonds. The molecule has 0 N–H and O–H groups in total. The lowest BCUT2D eigenvalue weighted by Crippen LogP contribution is -2.37. The Hall–Kier alpha value is -1.05. The zero-order valence-corrected chi connectivity index (χ0v) is 14.2. The minimum absolute atomic E-state index is 0.0911. The number of hydrogen-bond donors (Lipinski definition) is 0. The molecule has 0 aromatic carbocycles. The number of terminal acetylenes is 1. The van der Waals surface area contributed by atoms with Gasteiger partial charge < -0.3 is 9.47 Å². The molecule has 0 spiro atoms. The van der Waals surface area contributed by atoms with Gasteiger partial charge in [0.15, 0.2) is 0 Å². The second-order valence-electron chi connectivity index (χ2n) is 5.03. The highest BCUT2D eigenvalue weighted by Crippen LogP contribution is 2.25. The van der Waals surface area contributed by atoms with Crippen LogP contribution < -0.4 is 0 Å². The van der Waals surface area contributed by atoms with E-state index in [1.54, 1.807) is 6.08 Å². The van der Waals surface area contributed by atoms with E-state index in [1.807, 2.05) is 6.08 Å². The molecular weight excluding hydrogens is 332 g/mol. The van der Waals surface area contributed by atoms with E-state index >= 15 is 0 Å². The molecule has 4 heteroatoms. The van der Waals surface area contributed by atoms with E-state index in [0.717, 1.165) is 19.3 Å². The third-order valence-corrected chi connectivity index (χ3v) is 4.60. The van der Waals surface area contributed by atoms with Gasteiger partial charge in [0.25, 0.3) is 0 Å². The van der Waals surface area contributed by atoms with Crippen molar-refractivity contribution < 1.29 is 14.3 Å². The molecule has 4 atom stereocenters. The van der Waals surface area contributed by atoms with Gasteiger partial charge in [0, 0.05) is 18.2 Å². The number of carbonyl (C=O) groups is 1. The van der Waals surface area contributed by atoms with Gasteiger partial charge in [-0.15, -0.1) is 6.42 Å². The smallest absolute Gasteiger partial charge is 0.303 e. The number of esters is 1. The molecule has 0 bridgehead atoms. The van der Waals surface area contributed by atoms with Gasteiger partial charge in [-0.2, -0.15) is 0 Å². The van der Waals surface area contributed by atoms with Crippen LogP contribution in [0.2, 0.25) is 0 Å². The molecule has 1 aliphatic rings. The average molecular weight is 355 g/mol. The Labute approximate surface area is 135 Å². The van der Waals surface area contributed by atoms with Crippen LogP contribution in [0, 0.1) is 12.3 Å². The first-order valence-corrected chi connectivity index (χ1v) is 8.22. The summed E-state index contributed by atoms with van der Waals surface area (Å²) in [4.78, 5) is 11.6. The molecule has 0 aliphatic carbocycles. The van der Waals surface area contributed by atoms with Crippen molar-refractivity contribution in [3.8, 4) is 12.3 Å². The number of carbonyl (C=O) groups excluding carboxylic acids is 1. The number of rotatable bonds is 6. The molecule has 1 aliphatic heterocycles. The molecule has 0 aromatic heterocycles. The summed E-state index contributed by atoms with van der Waals surface area (Å²) in [5.41, 5.74) is 0.